The summed E-state index contributed by atoms with van der Waals surface area (Å²) in [7, 11) is 0. The Labute approximate surface area is 177 Å². The molecule has 0 amide bonds. The van der Waals surface area contributed by atoms with Crippen molar-refractivity contribution in [2.24, 2.45) is 5.41 Å². The molecule has 2 heteroatoms. The molecular formula is C26H52O2. The molecule has 28 heavy (non-hydrogen) atoms. The van der Waals surface area contributed by atoms with E-state index in [1.807, 2.05) is 0 Å². The van der Waals surface area contributed by atoms with Gasteiger partial charge in [0.1, 0.15) is 0 Å². The number of esters is 1. The van der Waals surface area contributed by atoms with E-state index < -0.39 is 0 Å². The maximum atomic E-state index is 12.3. The van der Waals surface area contributed by atoms with Crippen LogP contribution >= 0.6 is 0 Å². The second-order valence-electron chi connectivity index (χ2n) is 9.43. The van der Waals surface area contributed by atoms with Crippen LogP contribution in [0.15, 0.2) is 0 Å². The Morgan fingerprint density at radius 1 is 0.571 bits per heavy atom. The van der Waals surface area contributed by atoms with E-state index in [1.54, 1.807) is 0 Å². The number of unbranched alkanes of at least 4 members (excludes halogenated alkanes) is 16. The van der Waals surface area contributed by atoms with Crippen LogP contribution in [0.4, 0.5) is 0 Å². The van der Waals surface area contributed by atoms with Crippen LogP contribution in [-0.4, -0.2) is 12.6 Å². The van der Waals surface area contributed by atoms with Crippen LogP contribution in [0.3, 0.4) is 0 Å². The van der Waals surface area contributed by atoms with Crippen molar-refractivity contribution in [2.45, 2.75) is 150 Å². The number of ether oxygens (including phenoxy) is 1. The smallest absolute Gasteiger partial charge is 0.311 e. The predicted molar refractivity (Wildman–Crippen MR) is 124 cm³/mol. The van der Waals surface area contributed by atoms with Gasteiger partial charge in [0.15, 0.2) is 0 Å². The summed E-state index contributed by atoms with van der Waals surface area (Å²) in [6.45, 7) is 9.24. The minimum atomic E-state index is -0.319. The van der Waals surface area contributed by atoms with Crippen LogP contribution in [0, 0.1) is 5.41 Å². The monoisotopic (exact) mass is 396 g/mol. The number of carbonyl (C=O) groups excluding carboxylic acids is 1. The first-order chi connectivity index (χ1) is 13.5. The number of rotatable bonds is 21. The summed E-state index contributed by atoms with van der Waals surface area (Å²) in [4.78, 5) is 12.3. The summed E-state index contributed by atoms with van der Waals surface area (Å²) in [6, 6.07) is 0. The van der Waals surface area contributed by atoms with Gasteiger partial charge in [0.2, 0.25) is 0 Å². The van der Waals surface area contributed by atoms with Crippen LogP contribution in [0.1, 0.15) is 150 Å². The molecule has 168 valence electrons. The first-order valence-electron chi connectivity index (χ1n) is 12.7. The summed E-state index contributed by atoms with van der Waals surface area (Å²) in [5.74, 6) is 0.00590. The lowest BCUT2D eigenvalue weighted by molar-refractivity contribution is -0.154. The van der Waals surface area contributed by atoms with Gasteiger partial charge in [0.05, 0.1) is 12.0 Å². The molecule has 0 N–H and O–H groups in total. The summed E-state index contributed by atoms with van der Waals surface area (Å²) in [6.07, 6.45) is 24.6. The van der Waals surface area contributed by atoms with E-state index in [-0.39, 0.29) is 11.4 Å². The second-order valence-corrected chi connectivity index (χ2v) is 9.43. The molecule has 0 fully saturated rings. The van der Waals surface area contributed by atoms with Crippen molar-refractivity contribution in [3.8, 4) is 0 Å². The van der Waals surface area contributed by atoms with Crippen LogP contribution in [-0.2, 0) is 9.53 Å². The van der Waals surface area contributed by atoms with Gasteiger partial charge in [-0.15, -0.1) is 0 Å². The van der Waals surface area contributed by atoms with Gasteiger partial charge in [-0.1, -0.05) is 123 Å². The maximum absolute atomic E-state index is 12.3. The van der Waals surface area contributed by atoms with Crippen LogP contribution in [0.2, 0.25) is 0 Å². The topological polar surface area (TPSA) is 26.3 Å². The van der Waals surface area contributed by atoms with E-state index >= 15 is 0 Å². The molecule has 0 bridgehead atoms. The lowest BCUT2D eigenvalue weighted by Crippen LogP contribution is -2.27. The maximum Gasteiger partial charge on any atom is 0.311 e. The molecule has 0 aromatic rings. The van der Waals surface area contributed by atoms with Gasteiger partial charge < -0.3 is 4.74 Å². The Morgan fingerprint density at radius 2 is 0.929 bits per heavy atom. The fourth-order valence-corrected chi connectivity index (χ4v) is 3.75. The van der Waals surface area contributed by atoms with Crippen molar-refractivity contribution in [3.05, 3.63) is 0 Å². The molecule has 0 saturated carbocycles. The number of hydrogen-bond donors (Lipinski definition) is 0. The van der Waals surface area contributed by atoms with Crippen LogP contribution < -0.4 is 0 Å². The van der Waals surface area contributed by atoms with E-state index in [0.717, 1.165) is 19.3 Å². The Balaban J connectivity index is 3.50. The molecule has 2 nitrogen and oxygen atoms in total. The minimum absolute atomic E-state index is 0.00590. The SMILES string of the molecule is CCCCCCCCCCCCOC(=O)C(C)(C)CCCCCCCCCC. The lowest BCUT2D eigenvalue weighted by atomic mass is 9.87. The fourth-order valence-electron chi connectivity index (χ4n) is 3.75. The first-order valence-corrected chi connectivity index (χ1v) is 12.7. The van der Waals surface area contributed by atoms with Gasteiger partial charge in [-0.25, -0.2) is 0 Å². The third-order valence-electron chi connectivity index (χ3n) is 5.94. The van der Waals surface area contributed by atoms with Crippen molar-refractivity contribution in [1.82, 2.24) is 0 Å². The van der Waals surface area contributed by atoms with Gasteiger partial charge >= 0.3 is 5.97 Å². The molecule has 0 rings (SSSR count). The van der Waals surface area contributed by atoms with Crippen molar-refractivity contribution in [3.63, 3.8) is 0 Å². The highest BCUT2D eigenvalue weighted by Crippen LogP contribution is 2.26. The molecular weight excluding hydrogens is 344 g/mol. The highest BCUT2D eigenvalue weighted by atomic mass is 16.5. The van der Waals surface area contributed by atoms with E-state index in [9.17, 15) is 4.79 Å². The van der Waals surface area contributed by atoms with E-state index in [1.165, 1.54) is 103 Å². The summed E-state index contributed by atoms with van der Waals surface area (Å²) in [5.41, 5.74) is -0.319. The normalized spacial score (nSPS) is 11.7. The molecule has 0 spiro atoms. The zero-order valence-electron chi connectivity index (χ0n) is 20.0. The van der Waals surface area contributed by atoms with E-state index in [2.05, 4.69) is 27.7 Å². The molecule has 0 unspecified atom stereocenters. The zero-order chi connectivity index (χ0) is 20.9. The molecule has 0 aliphatic heterocycles. The third kappa shape index (κ3) is 17.6. The highest BCUT2D eigenvalue weighted by molar-refractivity contribution is 5.75. The average molecular weight is 397 g/mol. The summed E-state index contributed by atoms with van der Waals surface area (Å²) in [5, 5.41) is 0. The molecule has 0 aromatic carbocycles. The molecule has 0 aliphatic rings. The lowest BCUT2D eigenvalue weighted by Gasteiger charge is -2.22. The van der Waals surface area contributed by atoms with Gasteiger partial charge in [-0.3, -0.25) is 4.79 Å². The Hall–Kier alpha value is -0.530. The summed E-state index contributed by atoms with van der Waals surface area (Å²) >= 11 is 0. The Kier molecular flexibility index (Phi) is 19.4. The Morgan fingerprint density at radius 3 is 1.36 bits per heavy atom. The van der Waals surface area contributed by atoms with Gasteiger partial charge in [-0.05, 0) is 26.7 Å². The van der Waals surface area contributed by atoms with Crippen LogP contribution in [0.5, 0.6) is 0 Å². The van der Waals surface area contributed by atoms with Crippen molar-refractivity contribution in [2.75, 3.05) is 6.61 Å². The highest BCUT2D eigenvalue weighted by Gasteiger charge is 2.28. The molecule has 0 heterocycles. The van der Waals surface area contributed by atoms with Gasteiger partial charge in [-0.2, -0.15) is 0 Å². The summed E-state index contributed by atoms with van der Waals surface area (Å²) < 4.78 is 5.56. The molecule has 0 aromatic heterocycles. The molecule has 0 aliphatic carbocycles. The second kappa shape index (κ2) is 19.8. The zero-order valence-corrected chi connectivity index (χ0v) is 20.0. The largest absolute Gasteiger partial charge is 0.465 e. The van der Waals surface area contributed by atoms with Crippen molar-refractivity contribution >= 4 is 5.97 Å². The molecule has 0 atom stereocenters. The standard InChI is InChI=1S/C26H52O2/c1-5-7-9-11-13-15-16-18-20-22-24-28-25(27)26(3,4)23-21-19-17-14-12-10-8-6-2/h5-24H2,1-4H3. The fraction of sp³-hybridized carbons (Fsp3) is 0.962. The molecule has 0 saturated heterocycles. The van der Waals surface area contributed by atoms with Crippen molar-refractivity contribution < 1.29 is 9.53 Å². The predicted octanol–water partition coefficient (Wildman–Crippen LogP) is 9.01. The van der Waals surface area contributed by atoms with Crippen molar-refractivity contribution in [1.29, 1.82) is 0 Å². The number of carbonyl (C=O) groups is 1. The van der Waals surface area contributed by atoms with E-state index in [0.29, 0.717) is 6.61 Å². The van der Waals surface area contributed by atoms with Gasteiger partial charge in [0, 0.05) is 0 Å². The number of hydrogen-bond acceptors (Lipinski definition) is 2. The molecule has 0 radical (unpaired) electrons. The van der Waals surface area contributed by atoms with Gasteiger partial charge in [0.25, 0.3) is 0 Å². The van der Waals surface area contributed by atoms with E-state index in [4.69, 9.17) is 4.74 Å². The first kappa shape index (κ1) is 27.5. The third-order valence-corrected chi connectivity index (χ3v) is 5.94. The Bertz CT molecular complexity index is 335. The average Bonchev–Trinajstić information content (AvgIpc) is 2.68. The van der Waals surface area contributed by atoms with Crippen LogP contribution in [0.25, 0.3) is 0 Å². The quantitative estimate of drug-likeness (QED) is 0.143. The minimum Gasteiger partial charge on any atom is -0.465 e.